The van der Waals surface area contributed by atoms with Gasteiger partial charge in [0, 0.05) is 19.1 Å². The van der Waals surface area contributed by atoms with E-state index < -0.39 is 12.8 Å². The van der Waals surface area contributed by atoms with Crippen molar-refractivity contribution in [2.45, 2.75) is 31.4 Å². The number of rotatable bonds is 4. The molecule has 0 aromatic rings. The van der Waals surface area contributed by atoms with Crippen molar-refractivity contribution in [3.63, 3.8) is 0 Å². The highest BCUT2D eigenvalue weighted by molar-refractivity contribution is 4.79. The van der Waals surface area contributed by atoms with Crippen molar-refractivity contribution >= 4 is 0 Å². The Morgan fingerprint density at radius 2 is 2.31 bits per heavy atom. The number of hydrogen-bond acceptors (Lipinski definition) is 3. The van der Waals surface area contributed by atoms with Crippen molar-refractivity contribution in [3.8, 4) is 0 Å². The molecule has 1 saturated heterocycles. The van der Waals surface area contributed by atoms with Crippen LogP contribution in [0.15, 0.2) is 0 Å². The Kier molecular flexibility index (Phi) is 4.62. The van der Waals surface area contributed by atoms with Crippen LogP contribution in [0.3, 0.4) is 0 Å². The first kappa shape index (κ1) is 10.9. The van der Waals surface area contributed by atoms with E-state index in [0.717, 1.165) is 19.4 Å². The molecule has 1 rings (SSSR count). The average Bonchev–Trinajstić information content (AvgIpc) is 2.18. The molecule has 3 N–H and O–H groups in total. The lowest BCUT2D eigenvalue weighted by molar-refractivity contribution is 0.0559. The molecule has 2 unspecified atom stereocenters. The summed E-state index contributed by atoms with van der Waals surface area (Å²) in [5, 5.41) is 9.17. The van der Waals surface area contributed by atoms with E-state index in [-0.39, 0.29) is 0 Å². The van der Waals surface area contributed by atoms with Crippen molar-refractivity contribution < 1.29 is 9.50 Å². The standard InChI is InChI=1S/C9H19FN2O/c10-5-9(13)7-12-4-2-1-3-8(12)6-11/h8-9,13H,1-7,11H2. The largest absolute Gasteiger partial charge is 0.389 e. The summed E-state index contributed by atoms with van der Waals surface area (Å²) >= 11 is 0. The molecule has 0 amide bonds. The van der Waals surface area contributed by atoms with Gasteiger partial charge in [-0.1, -0.05) is 6.42 Å². The topological polar surface area (TPSA) is 49.5 Å². The summed E-state index contributed by atoms with van der Waals surface area (Å²) in [6.45, 7) is 1.32. The van der Waals surface area contributed by atoms with Crippen LogP contribution in [0, 0.1) is 0 Å². The molecule has 1 aliphatic rings. The number of alkyl halides is 1. The van der Waals surface area contributed by atoms with Gasteiger partial charge in [0.15, 0.2) is 0 Å². The third kappa shape index (κ3) is 3.21. The Morgan fingerprint density at radius 3 is 2.92 bits per heavy atom. The van der Waals surface area contributed by atoms with Crippen molar-refractivity contribution in [3.05, 3.63) is 0 Å². The van der Waals surface area contributed by atoms with Crippen LogP contribution < -0.4 is 5.73 Å². The lowest BCUT2D eigenvalue weighted by atomic mass is 10.0. The molecular weight excluding hydrogens is 171 g/mol. The molecule has 0 radical (unpaired) electrons. The molecule has 78 valence electrons. The van der Waals surface area contributed by atoms with Gasteiger partial charge in [-0.3, -0.25) is 4.90 Å². The van der Waals surface area contributed by atoms with Gasteiger partial charge in [0.05, 0.1) is 6.10 Å². The Balaban J connectivity index is 2.35. The van der Waals surface area contributed by atoms with E-state index in [1.807, 2.05) is 0 Å². The Labute approximate surface area is 78.7 Å². The number of hydrogen-bond donors (Lipinski definition) is 2. The molecule has 0 spiro atoms. The number of aliphatic hydroxyl groups is 1. The minimum atomic E-state index is -0.841. The number of β-amino-alcohol motifs (C(OH)–C–C–N with tert-alkyl or cyclic N) is 1. The van der Waals surface area contributed by atoms with E-state index in [0.29, 0.717) is 19.1 Å². The molecule has 0 saturated carbocycles. The molecule has 0 aromatic carbocycles. The van der Waals surface area contributed by atoms with Gasteiger partial charge in [0.1, 0.15) is 6.67 Å². The first-order valence-corrected chi connectivity index (χ1v) is 4.96. The maximum absolute atomic E-state index is 12.1. The van der Waals surface area contributed by atoms with Gasteiger partial charge >= 0.3 is 0 Å². The second-order valence-corrected chi connectivity index (χ2v) is 3.69. The normalized spacial score (nSPS) is 27.5. The number of halogens is 1. The molecular formula is C9H19FN2O. The van der Waals surface area contributed by atoms with Gasteiger partial charge in [-0.15, -0.1) is 0 Å². The van der Waals surface area contributed by atoms with Crippen LogP contribution in [0.1, 0.15) is 19.3 Å². The third-order valence-electron chi connectivity index (χ3n) is 2.64. The Hall–Kier alpha value is -0.190. The van der Waals surface area contributed by atoms with Gasteiger partial charge in [-0.25, -0.2) is 4.39 Å². The first-order valence-electron chi connectivity index (χ1n) is 4.96. The number of aliphatic hydroxyl groups excluding tert-OH is 1. The molecule has 1 heterocycles. The number of nitrogens with zero attached hydrogens (tertiary/aromatic N) is 1. The van der Waals surface area contributed by atoms with Gasteiger partial charge in [0.25, 0.3) is 0 Å². The van der Waals surface area contributed by atoms with Crippen LogP contribution in [0.5, 0.6) is 0 Å². The zero-order valence-corrected chi connectivity index (χ0v) is 7.95. The van der Waals surface area contributed by atoms with E-state index in [1.54, 1.807) is 0 Å². The van der Waals surface area contributed by atoms with Crippen molar-refractivity contribution in [2.75, 3.05) is 26.3 Å². The number of nitrogens with two attached hydrogens (primary N) is 1. The fourth-order valence-corrected chi connectivity index (χ4v) is 1.89. The lowest BCUT2D eigenvalue weighted by Crippen LogP contribution is -2.47. The van der Waals surface area contributed by atoms with Crippen LogP contribution in [0.4, 0.5) is 4.39 Å². The van der Waals surface area contributed by atoms with E-state index >= 15 is 0 Å². The molecule has 3 nitrogen and oxygen atoms in total. The van der Waals surface area contributed by atoms with Crippen LogP contribution in [0.2, 0.25) is 0 Å². The number of likely N-dealkylation sites (tertiary alicyclic amines) is 1. The number of piperidine rings is 1. The molecule has 0 bridgehead atoms. The predicted molar refractivity (Wildman–Crippen MR) is 50.2 cm³/mol. The highest BCUT2D eigenvalue weighted by atomic mass is 19.1. The summed E-state index contributed by atoms with van der Waals surface area (Å²) in [5.41, 5.74) is 5.59. The third-order valence-corrected chi connectivity index (χ3v) is 2.64. The van der Waals surface area contributed by atoms with E-state index in [1.165, 1.54) is 6.42 Å². The SMILES string of the molecule is NCC1CCCCN1CC(O)CF. The molecule has 1 fully saturated rings. The summed E-state index contributed by atoms with van der Waals surface area (Å²) in [6, 6.07) is 0.343. The van der Waals surface area contributed by atoms with E-state index in [4.69, 9.17) is 10.8 Å². The lowest BCUT2D eigenvalue weighted by Gasteiger charge is -2.35. The average molecular weight is 190 g/mol. The molecule has 4 heteroatoms. The fraction of sp³-hybridized carbons (Fsp3) is 1.00. The molecule has 2 atom stereocenters. The van der Waals surface area contributed by atoms with Crippen molar-refractivity contribution in [2.24, 2.45) is 5.73 Å². The van der Waals surface area contributed by atoms with Crippen molar-refractivity contribution in [1.29, 1.82) is 0 Å². The quantitative estimate of drug-likeness (QED) is 0.662. The maximum Gasteiger partial charge on any atom is 0.117 e. The van der Waals surface area contributed by atoms with Crippen LogP contribution in [-0.2, 0) is 0 Å². The second kappa shape index (κ2) is 5.52. The monoisotopic (exact) mass is 190 g/mol. The summed E-state index contributed by atoms with van der Waals surface area (Å²) in [7, 11) is 0. The highest BCUT2D eigenvalue weighted by Gasteiger charge is 2.22. The zero-order valence-electron chi connectivity index (χ0n) is 7.95. The van der Waals surface area contributed by atoms with Crippen LogP contribution in [-0.4, -0.2) is 48.5 Å². The summed E-state index contributed by atoms with van der Waals surface area (Å²) < 4.78 is 12.1. The van der Waals surface area contributed by atoms with Gasteiger partial charge in [-0.2, -0.15) is 0 Å². The maximum atomic E-state index is 12.1. The highest BCUT2D eigenvalue weighted by Crippen LogP contribution is 2.16. The van der Waals surface area contributed by atoms with E-state index in [9.17, 15) is 4.39 Å². The summed E-state index contributed by atoms with van der Waals surface area (Å²) in [4.78, 5) is 2.10. The first-order chi connectivity index (χ1) is 6.27. The molecule has 1 aliphatic heterocycles. The van der Waals surface area contributed by atoms with Crippen LogP contribution in [0.25, 0.3) is 0 Å². The van der Waals surface area contributed by atoms with Gasteiger partial charge in [0.2, 0.25) is 0 Å². The molecule has 13 heavy (non-hydrogen) atoms. The minimum absolute atomic E-state index is 0.343. The Morgan fingerprint density at radius 1 is 1.54 bits per heavy atom. The van der Waals surface area contributed by atoms with Crippen molar-refractivity contribution in [1.82, 2.24) is 4.90 Å². The van der Waals surface area contributed by atoms with Gasteiger partial charge < -0.3 is 10.8 Å². The van der Waals surface area contributed by atoms with Crippen LogP contribution >= 0.6 is 0 Å². The Bertz CT molecular complexity index is 146. The second-order valence-electron chi connectivity index (χ2n) is 3.69. The predicted octanol–water partition coefficient (Wildman–Crippen LogP) is 0.130. The van der Waals surface area contributed by atoms with Gasteiger partial charge in [-0.05, 0) is 19.4 Å². The summed E-state index contributed by atoms with van der Waals surface area (Å²) in [6.07, 6.45) is 2.57. The molecule has 0 aliphatic carbocycles. The summed E-state index contributed by atoms with van der Waals surface area (Å²) in [5.74, 6) is 0. The smallest absolute Gasteiger partial charge is 0.117 e. The van der Waals surface area contributed by atoms with E-state index in [2.05, 4.69) is 4.90 Å². The fourth-order valence-electron chi connectivity index (χ4n) is 1.89. The molecule has 0 aromatic heterocycles. The zero-order chi connectivity index (χ0) is 9.68. The minimum Gasteiger partial charge on any atom is -0.389 e.